The molecule has 35 heavy (non-hydrogen) atoms. The van der Waals surface area contributed by atoms with Crippen LogP contribution in [0.5, 0.6) is 5.88 Å². The van der Waals surface area contributed by atoms with Crippen LogP contribution in [-0.2, 0) is 23.9 Å². The van der Waals surface area contributed by atoms with E-state index >= 15 is 0 Å². The highest BCUT2D eigenvalue weighted by Gasteiger charge is 2.43. The predicted molar refractivity (Wildman–Crippen MR) is 109 cm³/mol. The molecule has 2 saturated heterocycles. The van der Waals surface area contributed by atoms with Crippen LogP contribution < -0.4 is 15.0 Å². The molecule has 3 aliphatic rings. The second-order valence-electron chi connectivity index (χ2n) is 8.92. The molecular formula is C20H23F6N7O2. The van der Waals surface area contributed by atoms with Gasteiger partial charge in [-0.1, -0.05) is 0 Å². The second-order valence-corrected chi connectivity index (χ2v) is 8.92. The molecule has 0 radical (unpaired) electrons. The molecule has 2 fully saturated rings. The molecule has 0 aromatic carbocycles. The molecule has 0 saturated carbocycles. The van der Waals surface area contributed by atoms with Crippen molar-refractivity contribution in [3.05, 3.63) is 17.6 Å². The molecule has 1 N–H and O–H groups in total. The number of fused-ring (bicyclic) bond motifs is 1. The normalized spacial score (nSPS) is 23.5. The van der Waals surface area contributed by atoms with Gasteiger partial charge in [0.25, 0.3) is 0 Å². The number of aromatic nitrogens is 5. The molecule has 5 rings (SSSR count). The van der Waals surface area contributed by atoms with Crippen LogP contribution in [0.2, 0.25) is 0 Å². The monoisotopic (exact) mass is 507 g/mol. The summed E-state index contributed by atoms with van der Waals surface area (Å²) in [6.07, 6.45) is -7.56. The Bertz CT molecular complexity index is 1060. The van der Waals surface area contributed by atoms with E-state index in [9.17, 15) is 26.3 Å². The Morgan fingerprint density at radius 2 is 1.86 bits per heavy atom. The van der Waals surface area contributed by atoms with Gasteiger partial charge in [-0.3, -0.25) is 4.57 Å². The molecule has 5 heterocycles. The molecule has 1 unspecified atom stereocenters. The lowest BCUT2D eigenvalue weighted by molar-refractivity contribution is -0.179. The van der Waals surface area contributed by atoms with Gasteiger partial charge in [-0.25, -0.2) is 4.98 Å². The summed E-state index contributed by atoms with van der Waals surface area (Å²) in [6, 6.07) is -0.222. The van der Waals surface area contributed by atoms with Gasteiger partial charge in [0.15, 0.2) is 0 Å². The third-order valence-electron chi connectivity index (χ3n) is 6.38. The van der Waals surface area contributed by atoms with Crippen molar-refractivity contribution in [1.29, 1.82) is 0 Å². The average molecular weight is 507 g/mol. The Balaban J connectivity index is 1.28. The van der Waals surface area contributed by atoms with Crippen LogP contribution >= 0.6 is 0 Å². The van der Waals surface area contributed by atoms with Crippen molar-refractivity contribution < 1.29 is 35.8 Å². The van der Waals surface area contributed by atoms with Crippen LogP contribution in [0.4, 0.5) is 38.2 Å². The Morgan fingerprint density at radius 1 is 1.06 bits per heavy atom. The summed E-state index contributed by atoms with van der Waals surface area (Å²) >= 11 is 0. The summed E-state index contributed by atoms with van der Waals surface area (Å²) in [4.78, 5) is 9.71. The van der Waals surface area contributed by atoms with Gasteiger partial charge in [-0.05, 0) is 19.3 Å². The fourth-order valence-electron chi connectivity index (χ4n) is 4.45. The zero-order valence-electron chi connectivity index (χ0n) is 18.4. The van der Waals surface area contributed by atoms with Crippen molar-refractivity contribution in [2.45, 2.75) is 56.7 Å². The van der Waals surface area contributed by atoms with E-state index in [1.165, 1.54) is 0 Å². The number of piperidine rings is 1. The van der Waals surface area contributed by atoms with Crippen LogP contribution in [-0.4, -0.2) is 69.4 Å². The number of rotatable bonds is 5. The van der Waals surface area contributed by atoms with Gasteiger partial charge >= 0.3 is 12.4 Å². The number of alkyl halides is 6. The van der Waals surface area contributed by atoms with Crippen LogP contribution in [0.25, 0.3) is 0 Å². The van der Waals surface area contributed by atoms with Crippen molar-refractivity contribution in [2.75, 3.05) is 36.5 Å². The maximum absolute atomic E-state index is 13.4. The van der Waals surface area contributed by atoms with Crippen molar-refractivity contribution in [3.63, 3.8) is 0 Å². The van der Waals surface area contributed by atoms with Gasteiger partial charge in [-0.15, -0.1) is 10.2 Å². The Hall–Kier alpha value is -2.84. The highest BCUT2D eigenvalue weighted by molar-refractivity contribution is 5.39. The van der Waals surface area contributed by atoms with Crippen LogP contribution in [0.1, 0.15) is 30.7 Å². The van der Waals surface area contributed by atoms with E-state index in [0.717, 1.165) is 6.42 Å². The average Bonchev–Trinajstić information content (AvgIpc) is 3.19. The van der Waals surface area contributed by atoms with Gasteiger partial charge in [0.05, 0.1) is 19.1 Å². The number of nitrogens with one attached hydrogen (secondary N) is 1. The highest BCUT2D eigenvalue weighted by atomic mass is 19.4. The Morgan fingerprint density at radius 3 is 2.54 bits per heavy atom. The molecule has 0 amide bonds. The minimum absolute atomic E-state index is 0.00335. The Kier molecular flexibility index (Phi) is 6.13. The van der Waals surface area contributed by atoms with E-state index in [-0.39, 0.29) is 44.6 Å². The van der Waals surface area contributed by atoms with E-state index in [1.54, 1.807) is 4.57 Å². The fraction of sp³-hybridized carbons (Fsp3) is 0.700. The molecule has 192 valence electrons. The zero-order valence-corrected chi connectivity index (χ0v) is 18.4. The third kappa shape index (κ3) is 5.09. The number of hydrogen-bond acceptors (Lipinski definition) is 8. The molecule has 9 nitrogen and oxygen atoms in total. The minimum atomic E-state index is -4.67. The van der Waals surface area contributed by atoms with E-state index in [2.05, 4.69) is 25.5 Å². The topological polar surface area (TPSA) is 90.2 Å². The summed E-state index contributed by atoms with van der Waals surface area (Å²) in [5, 5.41) is 11.2. The first-order valence-corrected chi connectivity index (χ1v) is 11.3. The number of nitrogens with zero attached hydrogens (tertiary/aromatic N) is 6. The van der Waals surface area contributed by atoms with Crippen molar-refractivity contribution in [1.82, 2.24) is 24.7 Å². The third-order valence-corrected chi connectivity index (χ3v) is 6.38. The van der Waals surface area contributed by atoms with Gasteiger partial charge in [0, 0.05) is 38.3 Å². The predicted octanol–water partition coefficient (Wildman–Crippen LogP) is 3.07. The van der Waals surface area contributed by atoms with Crippen LogP contribution in [0.15, 0.2) is 6.20 Å². The largest absolute Gasteiger partial charge is 0.469 e. The Labute approximate surface area is 195 Å². The summed E-state index contributed by atoms with van der Waals surface area (Å²) in [5.41, 5.74) is -1.06. The molecule has 0 spiro atoms. The lowest BCUT2D eigenvalue weighted by Crippen LogP contribution is -2.44. The van der Waals surface area contributed by atoms with E-state index in [0.29, 0.717) is 37.5 Å². The fourth-order valence-corrected chi connectivity index (χ4v) is 4.45. The van der Waals surface area contributed by atoms with Crippen molar-refractivity contribution >= 4 is 11.9 Å². The van der Waals surface area contributed by atoms with Crippen molar-refractivity contribution in [2.24, 2.45) is 5.92 Å². The first kappa shape index (κ1) is 23.9. The molecule has 0 aliphatic carbocycles. The van der Waals surface area contributed by atoms with E-state index in [1.807, 2.05) is 4.90 Å². The maximum atomic E-state index is 13.4. The lowest BCUT2D eigenvalue weighted by atomic mass is 9.97. The SMILES string of the molecule is FC(F)(F)c1cnc(NC2CCCN(c3nnc4n3CC[C@@H](C(F)(F)F)C4)C2)nc1OC1COC1. The standard InChI is InChI=1S/C20H23F6N7O2/c21-19(22,23)11-3-5-33-15(6-11)30-31-18(33)32-4-1-2-12(8-32)28-17-27-7-14(20(24,25)26)16(29-17)35-13-9-34-10-13/h7,11-13H,1-6,8-10H2,(H,27,28,29)/t11-,12?/m1/s1. The quantitative estimate of drug-likeness (QED) is 0.618. The summed E-state index contributed by atoms with van der Waals surface area (Å²) in [6.45, 7) is 1.59. The minimum Gasteiger partial charge on any atom is -0.469 e. The molecule has 3 aliphatic heterocycles. The second kappa shape index (κ2) is 8.99. The molecule has 2 aromatic rings. The molecular weight excluding hydrogens is 484 g/mol. The molecule has 2 atom stereocenters. The molecule has 15 heteroatoms. The van der Waals surface area contributed by atoms with Crippen molar-refractivity contribution in [3.8, 4) is 5.88 Å². The van der Waals surface area contributed by atoms with E-state index < -0.39 is 35.8 Å². The number of hydrogen-bond donors (Lipinski definition) is 1. The summed E-state index contributed by atoms with van der Waals surface area (Å²) < 4.78 is 91.4. The first-order valence-electron chi connectivity index (χ1n) is 11.3. The molecule has 0 bridgehead atoms. The molecule has 2 aromatic heterocycles. The smallest absolute Gasteiger partial charge is 0.423 e. The summed E-state index contributed by atoms with van der Waals surface area (Å²) in [5.74, 6) is -1.19. The lowest BCUT2D eigenvalue weighted by Gasteiger charge is -2.35. The zero-order chi connectivity index (χ0) is 24.8. The van der Waals surface area contributed by atoms with Gasteiger partial charge in [0.2, 0.25) is 17.8 Å². The number of ether oxygens (including phenoxy) is 2. The van der Waals surface area contributed by atoms with Crippen LogP contribution in [0.3, 0.4) is 0 Å². The summed E-state index contributed by atoms with van der Waals surface area (Å²) in [7, 11) is 0. The maximum Gasteiger partial charge on any atom is 0.423 e. The van der Waals surface area contributed by atoms with Gasteiger partial charge in [0.1, 0.15) is 17.5 Å². The van der Waals surface area contributed by atoms with E-state index in [4.69, 9.17) is 9.47 Å². The number of anilines is 2. The van der Waals surface area contributed by atoms with Gasteiger partial charge in [-0.2, -0.15) is 31.3 Å². The highest BCUT2D eigenvalue weighted by Crippen LogP contribution is 2.37. The van der Waals surface area contributed by atoms with Crippen LogP contribution in [0, 0.1) is 5.92 Å². The number of halogens is 6. The first-order chi connectivity index (χ1) is 16.6. The van der Waals surface area contributed by atoms with Gasteiger partial charge < -0.3 is 19.7 Å².